The number of rotatable bonds is 1. The summed E-state index contributed by atoms with van der Waals surface area (Å²) in [4.78, 5) is 9.25. The van der Waals surface area contributed by atoms with Crippen molar-refractivity contribution < 1.29 is 9.90 Å². The van der Waals surface area contributed by atoms with Gasteiger partial charge >= 0.3 is 5.97 Å². The summed E-state index contributed by atoms with van der Waals surface area (Å²) in [6, 6.07) is 0. The quantitative estimate of drug-likeness (QED) is 0.677. The fourth-order valence-electron chi connectivity index (χ4n) is 2.83. The first-order valence-electron chi connectivity index (χ1n) is 5.73. The van der Waals surface area contributed by atoms with Crippen LogP contribution in [-0.2, 0) is 4.79 Å². The first-order chi connectivity index (χ1) is 7.08. The Bertz CT molecular complexity index is 241. The minimum Gasteiger partial charge on any atom is -0.478 e. The summed E-state index contributed by atoms with van der Waals surface area (Å²) in [5.41, 5.74) is 0.669. The van der Waals surface area contributed by atoms with Crippen molar-refractivity contribution in [3.8, 4) is 0 Å². The van der Waals surface area contributed by atoms with Gasteiger partial charge in [0.2, 0.25) is 0 Å². The largest absolute Gasteiger partial charge is 0.478 e. The smallest absolute Gasteiger partial charge is 0.327 e. The number of carboxylic acids is 1. The molecule has 0 bridgehead atoms. The van der Waals surface area contributed by atoms with E-state index in [2.05, 4.69) is 46.5 Å². The highest BCUT2D eigenvalue weighted by Crippen LogP contribution is 2.31. The monoisotopic (exact) mass is 227 g/mol. The highest BCUT2D eigenvalue weighted by atomic mass is 16.4. The maximum Gasteiger partial charge on any atom is 0.327 e. The van der Waals surface area contributed by atoms with Crippen molar-refractivity contribution in [2.24, 2.45) is 5.92 Å². The number of hydrogen-bond acceptors (Lipinski definition) is 2. The van der Waals surface area contributed by atoms with Crippen LogP contribution in [0.1, 0.15) is 47.5 Å². The molecular formula is C13H25NO2. The highest BCUT2D eigenvalue weighted by Gasteiger charge is 2.35. The molecule has 0 aromatic carbocycles. The molecule has 3 nitrogen and oxygen atoms in total. The van der Waals surface area contributed by atoms with Gasteiger partial charge in [-0.1, -0.05) is 13.5 Å². The lowest BCUT2D eigenvalue weighted by molar-refractivity contribution is -0.131. The Morgan fingerprint density at radius 3 is 1.81 bits per heavy atom. The second-order valence-electron chi connectivity index (χ2n) is 5.95. The summed E-state index contributed by atoms with van der Waals surface area (Å²) >= 11 is 0. The van der Waals surface area contributed by atoms with Gasteiger partial charge < -0.3 is 10.4 Å². The Labute approximate surface area is 98.9 Å². The van der Waals surface area contributed by atoms with Gasteiger partial charge in [0.25, 0.3) is 0 Å². The molecular weight excluding hydrogens is 202 g/mol. The van der Waals surface area contributed by atoms with Gasteiger partial charge in [0.05, 0.1) is 0 Å². The van der Waals surface area contributed by atoms with Crippen LogP contribution in [0.4, 0.5) is 0 Å². The van der Waals surface area contributed by atoms with Crippen molar-refractivity contribution in [3.63, 3.8) is 0 Å². The molecule has 1 aliphatic heterocycles. The van der Waals surface area contributed by atoms with Crippen LogP contribution in [0.5, 0.6) is 0 Å². The summed E-state index contributed by atoms with van der Waals surface area (Å²) in [7, 11) is 0. The minimum atomic E-state index is -0.981. The predicted octanol–water partition coefficient (Wildman–Crippen LogP) is 2.82. The molecule has 0 radical (unpaired) electrons. The van der Waals surface area contributed by atoms with Gasteiger partial charge in [-0.25, -0.2) is 4.79 Å². The van der Waals surface area contributed by atoms with Crippen molar-refractivity contribution in [1.82, 2.24) is 5.32 Å². The second-order valence-corrected chi connectivity index (χ2v) is 5.95. The molecule has 0 aromatic heterocycles. The van der Waals surface area contributed by atoms with Crippen molar-refractivity contribution in [3.05, 3.63) is 12.7 Å². The molecule has 0 saturated carbocycles. The molecule has 16 heavy (non-hydrogen) atoms. The number of aliphatic carboxylic acids is 1. The lowest BCUT2D eigenvalue weighted by Crippen LogP contribution is -2.57. The van der Waals surface area contributed by atoms with Crippen LogP contribution in [0, 0.1) is 5.92 Å². The van der Waals surface area contributed by atoms with E-state index in [1.807, 2.05) is 0 Å². The Balaban J connectivity index is 0.000000385. The second kappa shape index (κ2) is 5.48. The van der Waals surface area contributed by atoms with E-state index in [9.17, 15) is 4.79 Å². The van der Waals surface area contributed by atoms with E-state index in [0.29, 0.717) is 11.1 Å². The summed E-state index contributed by atoms with van der Waals surface area (Å²) < 4.78 is 0. The highest BCUT2D eigenvalue weighted by molar-refractivity contribution is 5.78. The standard InChI is InChI=1S/C10H21N.C3H4O2/c1-8-6-9(2,3)11-10(4,5)7-8;1-2-3(4)5/h8,11H,6-7H2,1-5H3;2H,1H2,(H,4,5). The third kappa shape index (κ3) is 6.62. The van der Waals surface area contributed by atoms with Crippen molar-refractivity contribution >= 4 is 5.97 Å². The third-order valence-corrected chi connectivity index (χ3v) is 2.57. The zero-order valence-electron chi connectivity index (χ0n) is 11.1. The SMILES string of the molecule is C=CC(=O)O.CC1CC(C)(C)NC(C)(C)C1. The molecule has 2 N–H and O–H groups in total. The lowest BCUT2D eigenvalue weighted by atomic mass is 9.77. The van der Waals surface area contributed by atoms with Gasteiger partial charge in [-0.15, -0.1) is 0 Å². The number of piperidine rings is 1. The fourth-order valence-corrected chi connectivity index (χ4v) is 2.83. The van der Waals surface area contributed by atoms with Gasteiger partial charge in [-0.2, -0.15) is 0 Å². The molecule has 0 spiro atoms. The maximum atomic E-state index is 9.25. The van der Waals surface area contributed by atoms with Crippen LogP contribution >= 0.6 is 0 Å². The van der Waals surface area contributed by atoms with E-state index >= 15 is 0 Å². The molecule has 3 heteroatoms. The van der Waals surface area contributed by atoms with E-state index in [0.717, 1.165) is 12.0 Å². The number of carboxylic acid groups (broad SMARTS) is 1. The van der Waals surface area contributed by atoms with Crippen LogP contribution in [0.3, 0.4) is 0 Å². The van der Waals surface area contributed by atoms with E-state index in [1.54, 1.807) is 0 Å². The Kier molecular flexibility index (Phi) is 5.20. The zero-order valence-corrected chi connectivity index (χ0v) is 11.1. The molecule has 0 aliphatic carbocycles. The number of hydrogen-bond donors (Lipinski definition) is 2. The van der Waals surface area contributed by atoms with Crippen molar-refractivity contribution in [2.45, 2.75) is 58.5 Å². The average Bonchev–Trinajstić information content (AvgIpc) is 1.97. The van der Waals surface area contributed by atoms with Crippen LogP contribution in [0.15, 0.2) is 12.7 Å². The number of nitrogens with one attached hydrogen (secondary N) is 1. The summed E-state index contributed by atoms with van der Waals surface area (Å²) in [6.07, 6.45) is 3.44. The summed E-state index contributed by atoms with van der Waals surface area (Å²) in [5.74, 6) is -0.119. The van der Waals surface area contributed by atoms with Gasteiger partial charge in [0.1, 0.15) is 0 Å². The molecule has 0 atom stereocenters. The Morgan fingerprint density at radius 2 is 1.62 bits per heavy atom. The van der Waals surface area contributed by atoms with E-state index in [4.69, 9.17) is 5.11 Å². The molecule has 0 unspecified atom stereocenters. The third-order valence-electron chi connectivity index (χ3n) is 2.57. The average molecular weight is 227 g/mol. The zero-order chi connectivity index (χ0) is 13.0. The molecule has 1 heterocycles. The van der Waals surface area contributed by atoms with E-state index in [-0.39, 0.29) is 0 Å². The van der Waals surface area contributed by atoms with Crippen LogP contribution in [0.2, 0.25) is 0 Å². The Morgan fingerprint density at radius 1 is 1.31 bits per heavy atom. The molecule has 0 amide bonds. The van der Waals surface area contributed by atoms with Crippen molar-refractivity contribution in [2.75, 3.05) is 0 Å². The minimum absolute atomic E-state index is 0.334. The maximum absolute atomic E-state index is 9.25. The van der Waals surface area contributed by atoms with E-state index in [1.165, 1.54) is 12.8 Å². The molecule has 1 aliphatic rings. The Hall–Kier alpha value is -0.830. The first kappa shape index (κ1) is 15.2. The van der Waals surface area contributed by atoms with E-state index < -0.39 is 5.97 Å². The molecule has 1 fully saturated rings. The first-order valence-corrected chi connectivity index (χ1v) is 5.73. The van der Waals surface area contributed by atoms with Crippen molar-refractivity contribution in [1.29, 1.82) is 0 Å². The van der Waals surface area contributed by atoms with Crippen LogP contribution < -0.4 is 5.32 Å². The molecule has 1 saturated heterocycles. The molecule has 1 rings (SSSR count). The lowest BCUT2D eigenvalue weighted by Gasteiger charge is -2.45. The van der Waals surface area contributed by atoms with Gasteiger partial charge in [-0.05, 0) is 46.5 Å². The number of carbonyl (C=O) groups is 1. The summed E-state index contributed by atoms with van der Waals surface area (Å²) in [5, 5.41) is 11.3. The molecule has 94 valence electrons. The van der Waals surface area contributed by atoms with Crippen LogP contribution in [0.25, 0.3) is 0 Å². The van der Waals surface area contributed by atoms with Gasteiger partial charge in [0.15, 0.2) is 0 Å². The van der Waals surface area contributed by atoms with Gasteiger partial charge in [0, 0.05) is 17.2 Å². The summed E-state index contributed by atoms with van der Waals surface area (Å²) in [6.45, 7) is 14.5. The topological polar surface area (TPSA) is 49.3 Å². The molecule has 0 aromatic rings. The van der Waals surface area contributed by atoms with Gasteiger partial charge in [-0.3, -0.25) is 0 Å². The van der Waals surface area contributed by atoms with Crippen LogP contribution in [-0.4, -0.2) is 22.2 Å². The normalized spacial score (nSPS) is 22.8. The predicted molar refractivity (Wildman–Crippen MR) is 67.5 cm³/mol. The fraction of sp³-hybridized carbons (Fsp3) is 0.769.